The van der Waals surface area contributed by atoms with Crippen LogP contribution in [-0.2, 0) is 4.57 Å². The largest absolute Gasteiger partial charge is 0.466 e. The number of rotatable bonds is 6. The summed E-state index contributed by atoms with van der Waals surface area (Å²) in [7, 11) is -4.64. The molecule has 284 valence electrons. The number of carbonyl (C=O) groups is 6. The van der Waals surface area contributed by atoms with Crippen LogP contribution in [0.4, 0.5) is 0 Å². The lowest BCUT2D eigenvalue weighted by Gasteiger charge is -2.03. The molecule has 0 spiro atoms. The third-order valence-corrected chi connectivity index (χ3v) is 6.90. The summed E-state index contributed by atoms with van der Waals surface area (Å²) in [6, 6.07) is 51.8. The van der Waals surface area contributed by atoms with Gasteiger partial charge in [-0.05, 0) is 72.8 Å². The molecule has 0 bridgehead atoms. The van der Waals surface area contributed by atoms with Gasteiger partial charge in [-0.1, -0.05) is 109 Å². The van der Waals surface area contributed by atoms with E-state index in [0.29, 0.717) is 33.4 Å². The monoisotopic (exact) mass is 773 g/mol. The van der Waals surface area contributed by atoms with Gasteiger partial charge >= 0.3 is 7.82 Å². The van der Waals surface area contributed by atoms with Gasteiger partial charge in [-0.25, -0.2) is 4.57 Å². The summed E-state index contributed by atoms with van der Waals surface area (Å²) >= 11 is 0. The highest BCUT2D eigenvalue weighted by Gasteiger charge is 2.13. The highest BCUT2D eigenvalue weighted by atomic mass is 31.2. The van der Waals surface area contributed by atoms with Crippen LogP contribution in [0.5, 0.6) is 0 Å². The Hall–Kier alpha value is -7.15. The molecule has 6 rings (SSSR count). The van der Waals surface area contributed by atoms with E-state index in [1.54, 1.807) is 146 Å². The molecule has 6 N–H and O–H groups in total. The van der Waals surface area contributed by atoms with Gasteiger partial charge in [0.1, 0.15) is 0 Å². The van der Waals surface area contributed by atoms with Gasteiger partial charge in [0.2, 0.25) is 0 Å². The molecule has 0 radical (unpaired) electrons. The fourth-order valence-corrected chi connectivity index (χ4v) is 4.28. The van der Waals surface area contributed by atoms with E-state index in [0.717, 1.165) is 0 Å². The quantitative estimate of drug-likeness (QED) is 0.0878. The third kappa shape index (κ3) is 16.7. The molecule has 0 saturated carbocycles. The molecule has 0 aliphatic rings. The summed E-state index contributed by atoms with van der Waals surface area (Å²) in [5.74, 6) is -2.34. The van der Waals surface area contributed by atoms with Crippen LogP contribution >= 0.6 is 7.82 Å². The second kappa shape index (κ2) is 22.8. The molecular weight excluding hydrogens is 737 g/mol. The summed E-state index contributed by atoms with van der Waals surface area (Å²) in [5.41, 5.74) is 2.82. The molecule has 0 heterocycles. The normalized spacial score (nSPS) is 9.84. The van der Waals surface area contributed by atoms with Crippen molar-refractivity contribution < 1.29 is 48.0 Å². The van der Waals surface area contributed by atoms with Crippen LogP contribution in [0, 0.1) is 0 Å². The Labute approximate surface area is 321 Å². The number of nitrogens with one attached hydrogen (secondary N) is 3. The Morgan fingerprint density at radius 1 is 0.286 bits per heavy atom. The first-order valence-electron chi connectivity index (χ1n) is 16.5. The SMILES string of the molecule is O=C(NC(=O)c1ccccc1)c1ccccc1.O=C(NC(=O)c1ccccc1)c1ccccc1.O=C(NC(=O)c1ccccc1)c1ccccc1.O=P(O)(O)O. The van der Waals surface area contributed by atoms with Crippen LogP contribution in [0.2, 0.25) is 0 Å². The minimum absolute atomic E-state index is 0.389. The molecule has 0 atom stereocenters. The summed E-state index contributed by atoms with van der Waals surface area (Å²) in [5, 5.41) is 7.00. The van der Waals surface area contributed by atoms with Gasteiger partial charge in [-0.2, -0.15) is 0 Å². The number of benzene rings is 6. The second-order valence-electron chi connectivity index (χ2n) is 11.1. The number of hydrogen-bond donors (Lipinski definition) is 6. The minimum atomic E-state index is -4.64. The number of phosphoric acid groups is 1. The van der Waals surface area contributed by atoms with E-state index in [2.05, 4.69) is 16.0 Å². The highest BCUT2D eigenvalue weighted by Crippen LogP contribution is 2.25. The Morgan fingerprint density at radius 3 is 0.500 bits per heavy atom. The van der Waals surface area contributed by atoms with E-state index < -0.39 is 7.82 Å². The lowest BCUT2D eigenvalue weighted by Crippen LogP contribution is -2.30. The summed E-state index contributed by atoms with van der Waals surface area (Å²) < 4.78 is 8.88. The Bertz CT molecular complexity index is 1830. The molecule has 6 amide bonds. The van der Waals surface area contributed by atoms with E-state index in [1.807, 2.05) is 36.4 Å². The van der Waals surface area contributed by atoms with Crippen LogP contribution in [0.15, 0.2) is 182 Å². The van der Waals surface area contributed by atoms with Crippen molar-refractivity contribution in [3.8, 4) is 0 Å². The summed E-state index contributed by atoms with van der Waals surface area (Å²) in [4.78, 5) is 91.7. The number of hydrogen-bond acceptors (Lipinski definition) is 7. The highest BCUT2D eigenvalue weighted by molar-refractivity contribution is 7.45. The molecule has 0 fully saturated rings. The molecule has 6 aromatic carbocycles. The van der Waals surface area contributed by atoms with Crippen LogP contribution in [0.1, 0.15) is 62.1 Å². The first-order valence-corrected chi connectivity index (χ1v) is 18.0. The summed E-state index contributed by atoms with van der Waals surface area (Å²) in [6.45, 7) is 0. The fraction of sp³-hybridized carbons (Fsp3) is 0. The van der Waals surface area contributed by atoms with E-state index >= 15 is 0 Å². The maximum Gasteiger partial charge on any atom is 0.466 e. The number of carbonyl (C=O) groups excluding carboxylic acids is 6. The first-order chi connectivity index (χ1) is 26.8. The van der Waals surface area contributed by atoms with Crippen LogP contribution in [0.3, 0.4) is 0 Å². The minimum Gasteiger partial charge on any atom is -0.303 e. The maximum absolute atomic E-state index is 11.7. The lowest BCUT2D eigenvalue weighted by atomic mass is 10.2. The zero-order valence-corrected chi connectivity index (χ0v) is 30.4. The van der Waals surface area contributed by atoms with Crippen LogP contribution in [0.25, 0.3) is 0 Å². The third-order valence-electron chi connectivity index (χ3n) is 6.90. The van der Waals surface area contributed by atoms with Gasteiger partial charge in [0.15, 0.2) is 0 Å². The Morgan fingerprint density at radius 2 is 0.393 bits per heavy atom. The second-order valence-corrected chi connectivity index (χ2v) is 12.1. The molecule has 0 saturated heterocycles. The standard InChI is InChI=1S/3C14H11NO2.H3O4P/c3*16-13(11-7-3-1-4-8-11)15-14(17)12-9-5-2-6-10-12;1-5(2,3)4/h3*1-10H,(H,15,16,17);(H3,1,2,3,4). The number of imide groups is 3. The van der Waals surface area contributed by atoms with Crippen molar-refractivity contribution in [1.29, 1.82) is 0 Å². The fourth-order valence-electron chi connectivity index (χ4n) is 4.28. The smallest absolute Gasteiger partial charge is 0.303 e. The molecule has 0 aliphatic carbocycles. The van der Waals surface area contributed by atoms with Gasteiger partial charge < -0.3 is 14.7 Å². The molecule has 0 unspecified atom stereocenters. The van der Waals surface area contributed by atoms with Gasteiger partial charge in [-0.15, -0.1) is 0 Å². The molecule has 14 heteroatoms. The molecule has 0 aromatic heterocycles. The average Bonchev–Trinajstić information content (AvgIpc) is 3.22. The van der Waals surface area contributed by atoms with Crippen molar-refractivity contribution in [2.75, 3.05) is 0 Å². The molecule has 56 heavy (non-hydrogen) atoms. The summed E-state index contributed by atoms with van der Waals surface area (Å²) in [6.07, 6.45) is 0. The Kier molecular flexibility index (Phi) is 17.6. The molecule has 6 aromatic rings. The van der Waals surface area contributed by atoms with Crippen molar-refractivity contribution in [2.45, 2.75) is 0 Å². The van der Waals surface area contributed by atoms with E-state index in [-0.39, 0.29) is 35.4 Å². The van der Waals surface area contributed by atoms with Crippen LogP contribution < -0.4 is 16.0 Å². The van der Waals surface area contributed by atoms with Gasteiger partial charge in [0.05, 0.1) is 0 Å². The van der Waals surface area contributed by atoms with E-state index in [4.69, 9.17) is 19.2 Å². The predicted octanol–water partition coefficient (Wildman–Crippen LogP) is 5.84. The van der Waals surface area contributed by atoms with Gasteiger partial charge in [-0.3, -0.25) is 44.7 Å². The lowest BCUT2D eigenvalue weighted by molar-refractivity contribution is 0.0833. The average molecular weight is 774 g/mol. The van der Waals surface area contributed by atoms with Crippen molar-refractivity contribution >= 4 is 43.3 Å². The topological polar surface area (TPSA) is 216 Å². The zero-order valence-electron chi connectivity index (χ0n) is 29.5. The van der Waals surface area contributed by atoms with Crippen molar-refractivity contribution in [2.24, 2.45) is 0 Å². The maximum atomic E-state index is 11.7. The van der Waals surface area contributed by atoms with Gasteiger partial charge in [0.25, 0.3) is 35.4 Å². The Balaban J connectivity index is 0.000000212. The molecular formula is C42H36N3O10P. The molecule has 13 nitrogen and oxygen atoms in total. The van der Waals surface area contributed by atoms with Crippen molar-refractivity contribution in [1.82, 2.24) is 16.0 Å². The predicted molar refractivity (Wildman–Crippen MR) is 208 cm³/mol. The molecule has 0 aliphatic heterocycles. The zero-order chi connectivity index (χ0) is 40.8. The van der Waals surface area contributed by atoms with Gasteiger partial charge in [0, 0.05) is 33.4 Å². The first kappa shape index (κ1) is 43.3. The van der Waals surface area contributed by atoms with Crippen LogP contribution in [-0.4, -0.2) is 50.1 Å². The van der Waals surface area contributed by atoms with Crippen molar-refractivity contribution in [3.05, 3.63) is 215 Å². The van der Waals surface area contributed by atoms with Crippen molar-refractivity contribution in [3.63, 3.8) is 0 Å². The van der Waals surface area contributed by atoms with E-state index in [1.165, 1.54) is 0 Å². The van der Waals surface area contributed by atoms with E-state index in [9.17, 15) is 28.8 Å². The number of amides is 6.